The molecule has 2 aromatic carbocycles. The topological polar surface area (TPSA) is 33.1 Å². The number of aromatic hydroxyl groups is 1. The van der Waals surface area contributed by atoms with Gasteiger partial charge >= 0.3 is 0 Å². The Bertz CT molecular complexity index is 742. The smallest absolute Gasteiger partial charge is 0.141 e. The Labute approximate surface area is 112 Å². The summed E-state index contributed by atoms with van der Waals surface area (Å²) in [5.74, 6) is 0.227. The Morgan fingerprint density at radius 1 is 0.895 bits per heavy atom. The Morgan fingerprint density at radius 3 is 2.37 bits per heavy atom. The molecule has 0 radical (unpaired) electrons. The molecule has 0 unspecified atom stereocenters. The number of nitrogens with zero attached hydrogens (tertiary/aromatic N) is 1. The number of aryl methyl sites for hydroxylation is 2. The minimum Gasteiger partial charge on any atom is -0.506 e. The van der Waals surface area contributed by atoms with Gasteiger partial charge in [0.2, 0.25) is 0 Å². The second-order valence-electron chi connectivity index (χ2n) is 4.80. The lowest BCUT2D eigenvalue weighted by atomic mass is 9.93. The van der Waals surface area contributed by atoms with E-state index in [1.54, 1.807) is 12.3 Å². The number of hydrogen-bond acceptors (Lipinski definition) is 2. The minimum absolute atomic E-state index is 0.227. The van der Waals surface area contributed by atoms with Gasteiger partial charge in [-0.25, -0.2) is 0 Å². The molecule has 1 heterocycles. The number of aromatic nitrogens is 1. The van der Waals surface area contributed by atoms with E-state index in [-0.39, 0.29) is 5.75 Å². The summed E-state index contributed by atoms with van der Waals surface area (Å²) in [7, 11) is 0. The zero-order valence-corrected chi connectivity index (χ0v) is 11.0. The van der Waals surface area contributed by atoms with Gasteiger partial charge in [0, 0.05) is 11.6 Å². The largest absolute Gasteiger partial charge is 0.506 e. The van der Waals surface area contributed by atoms with E-state index in [2.05, 4.69) is 37.0 Å². The third-order valence-electron chi connectivity index (χ3n) is 3.50. The van der Waals surface area contributed by atoms with Crippen LogP contribution in [0.15, 0.2) is 48.7 Å². The first-order valence-corrected chi connectivity index (χ1v) is 6.32. The third kappa shape index (κ3) is 1.85. The molecule has 3 rings (SSSR count). The van der Waals surface area contributed by atoms with E-state index in [1.165, 1.54) is 16.7 Å². The summed E-state index contributed by atoms with van der Waals surface area (Å²) < 4.78 is 0. The summed E-state index contributed by atoms with van der Waals surface area (Å²) in [5.41, 5.74) is 5.46. The van der Waals surface area contributed by atoms with Crippen LogP contribution in [0, 0.1) is 13.8 Å². The van der Waals surface area contributed by atoms with E-state index in [9.17, 15) is 5.11 Å². The molecule has 0 atom stereocenters. The molecular weight excluding hydrogens is 234 g/mol. The van der Waals surface area contributed by atoms with Crippen molar-refractivity contribution in [2.24, 2.45) is 0 Å². The van der Waals surface area contributed by atoms with Crippen LogP contribution in [0.2, 0.25) is 0 Å². The zero-order valence-electron chi connectivity index (χ0n) is 11.0. The van der Waals surface area contributed by atoms with Gasteiger partial charge in [-0.05, 0) is 54.3 Å². The standard InChI is InChI=1S/C17H15NO/c1-11-5-3-6-12(2)16(11)13-8-9-15(19)17-14(13)7-4-10-18-17/h3-10,19H,1-2H3. The van der Waals surface area contributed by atoms with Crippen molar-refractivity contribution in [3.05, 3.63) is 59.8 Å². The maximum absolute atomic E-state index is 9.92. The van der Waals surface area contributed by atoms with Gasteiger partial charge < -0.3 is 5.11 Å². The highest BCUT2D eigenvalue weighted by Crippen LogP contribution is 2.35. The molecule has 94 valence electrons. The average molecular weight is 249 g/mol. The number of phenols is 1. The molecule has 19 heavy (non-hydrogen) atoms. The van der Waals surface area contributed by atoms with Crippen LogP contribution in [0.1, 0.15) is 11.1 Å². The molecule has 0 saturated carbocycles. The highest BCUT2D eigenvalue weighted by atomic mass is 16.3. The Balaban J connectivity index is 2.41. The monoisotopic (exact) mass is 249 g/mol. The van der Waals surface area contributed by atoms with Crippen LogP contribution >= 0.6 is 0 Å². The summed E-state index contributed by atoms with van der Waals surface area (Å²) in [4.78, 5) is 4.28. The van der Waals surface area contributed by atoms with Crippen molar-refractivity contribution in [3.8, 4) is 16.9 Å². The van der Waals surface area contributed by atoms with Crippen molar-refractivity contribution in [1.29, 1.82) is 0 Å². The van der Waals surface area contributed by atoms with Crippen LogP contribution in [-0.4, -0.2) is 10.1 Å². The predicted octanol–water partition coefficient (Wildman–Crippen LogP) is 4.22. The maximum Gasteiger partial charge on any atom is 0.141 e. The van der Waals surface area contributed by atoms with Gasteiger partial charge in [0.25, 0.3) is 0 Å². The summed E-state index contributed by atoms with van der Waals surface area (Å²) in [5, 5.41) is 10.9. The SMILES string of the molecule is Cc1cccc(C)c1-c1ccc(O)c2ncccc12. The first-order valence-electron chi connectivity index (χ1n) is 6.32. The number of benzene rings is 2. The van der Waals surface area contributed by atoms with Gasteiger partial charge in [-0.15, -0.1) is 0 Å². The first-order chi connectivity index (χ1) is 9.18. The summed E-state index contributed by atoms with van der Waals surface area (Å²) in [6.45, 7) is 4.22. The Hall–Kier alpha value is -2.35. The summed E-state index contributed by atoms with van der Waals surface area (Å²) >= 11 is 0. The molecule has 0 aliphatic rings. The minimum atomic E-state index is 0.227. The van der Waals surface area contributed by atoms with Gasteiger partial charge in [-0.3, -0.25) is 4.98 Å². The van der Waals surface area contributed by atoms with E-state index < -0.39 is 0 Å². The molecule has 2 nitrogen and oxygen atoms in total. The van der Waals surface area contributed by atoms with E-state index in [0.717, 1.165) is 10.9 Å². The van der Waals surface area contributed by atoms with Crippen LogP contribution in [0.4, 0.5) is 0 Å². The molecule has 0 aliphatic heterocycles. The number of fused-ring (bicyclic) bond motifs is 1. The fraction of sp³-hybridized carbons (Fsp3) is 0.118. The van der Waals surface area contributed by atoms with Gasteiger partial charge in [-0.2, -0.15) is 0 Å². The number of hydrogen-bond donors (Lipinski definition) is 1. The molecular formula is C17H15NO. The fourth-order valence-corrected chi connectivity index (χ4v) is 2.62. The van der Waals surface area contributed by atoms with Gasteiger partial charge in [-0.1, -0.05) is 24.3 Å². The lowest BCUT2D eigenvalue weighted by molar-refractivity contribution is 0.480. The molecule has 1 N–H and O–H groups in total. The van der Waals surface area contributed by atoms with E-state index in [1.807, 2.05) is 18.2 Å². The molecule has 3 aromatic rings. The molecule has 0 saturated heterocycles. The molecule has 0 spiro atoms. The second kappa shape index (κ2) is 4.39. The first kappa shape index (κ1) is 11.7. The van der Waals surface area contributed by atoms with E-state index in [4.69, 9.17) is 0 Å². The summed E-state index contributed by atoms with van der Waals surface area (Å²) in [6.07, 6.45) is 1.70. The van der Waals surface area contributed by atoms with Gasteiger partial charge in [0.05, 0.1) is 0 Å². The van der Waals surface area contributed by atoms with Crippen LogP contribution in [0.3, 0.4) is 0 Å². The predicted molar refractivity (Wildman–Crippen MR) is 78.3 cm³/mol. The highest BCUT2D eigenvalue weighted by molar-refractivity contribution is 5.98. The van der Waals surface area contributed by atoms with E-state index >= 15 is 0 Å². The van der Waals surface area contributed by atoms with Crippen LogP contribution in [0.25, 0.3) is 22.0 Å². The second-order valence-corrected chi connectivity index (χ2v) is 4.80. The molecule has 0 amide bonds. The summed E-state index contributed by atoms with van der Waals surface area (Å²) in [6, 6.07) is 13.9. The Morgan fingerprint density at radius 2 is 1.63 bits per heavy atom. The molecule has 0 bridgehead atoms. The van der Waals surface area contributed by atoms with Crippen LogP contribution in [0.5, 0.6) is 5.75 Å². The number of rotatable bonds is 1. The lowest BCUT2D eigenvalue weighted by Crippen LogP contribution is -1.90. The molecule has 0 aliphatic carbocycles. The van der Waals surface area contributed by atoms with Gasteiger partial charge in [0.1, 0.15) is 11.3 Å². The molecule has 2 heteroatoms. The normalized spacial score (nSPS) is 10.8. The average Bonchev–Trinajstić information content (AvgIpc) is 2.41. The van der Waals surface area contributed by atoms with Crippen molar-refractivity contribution in [1.82, 2.24) is 4.98 Å². The zero-order chi connectivity index (χ0) is 13.4. The maximum atomic E-state index is 9.92. The van der Waals surface area contributed by atoms with Crippen LogP contribution < -0.4 is 0 Å². The quantitative estimate of drug-likeness (QED) is 0.700. The van der Waals surface area contributed by atoms with Crippen molar-refractivity contribution in [2.75, 3.05) is 0 Å². The van der Waals surface area contributed by atoms with Crippen LogP contribution in [-0.2, 0) is 0 Å². The van der Waals surface area contributed by atoms with Gasteiger partial charge in [0.15, 0.2) is 0 Å². The third-order valence-corrected chi connectivity index (χ3v) is 3.50. The lowest BCUT2D eigenvalue weighted by Gasteiger charge is -2.13. The van der Waals surface area contributed by atoms with Crippen molar-refractivity contribution in [3.63, 3.8) is 0 Å². The van der Waals surface area contributed by atoms with Crippen molar-refractivity contribution in [2.45, 2.75) is 13.8 Å². The number of phenolic OH excluding ortho intramolecular Hbond substituents is 1. The van der Waals surface area contributed by atoms with Crippen molar-refractivity contribution >= 4 is 10.9 Å². The molecule has 1 aromatic heterocycles. The highest BCUT2D eigenvalue weighted by Gasteiger charge is 2.11. The molecule has 0 fully saturated rings. The fourth-order valence-electron chi connectivity index (χ4n) is 2.62. The van der Waals surface area contributed by atoms with E-state index in [0.29, 0.717) is 5.52 Å². The van der Waals surface area contributed by atoms with Crippen molar-refractivity contribution < 1.29 is 5.11 Å². The number of pyridine rings is 1. The Kier molecular flexibility index (Phi) is 2.71.